The Balaban J connectivity index is 1.94. The molecule has 1 amide bonds. The van der Waals surface area contributed by atoms with Crippen molar-refractivity contribution in [3.05, 3.63) is 30.3 Å². The number of hydrogen-bond acceptors (Lipinski definition) is 3. The van der Waals surface area contributed by atoms with Gasteiger partial charge in [0.05, 0.1) is 7.11 Å². The van der Waals surface area contributed by atoms with Crippen LogP contribution >= 0.6 is 0 Å². The van der Waals surface area contributed by atoms with Gasteiger partial charge in [-0.3, -0.25) is 9.59 Å². The highest BCUT2D eigenvalue weighted by Gasteiger charge is 2.02. The van der Waals surface area contributed by atoms with Crippen molar-refractivity contribution in [3.8, 4) is 0 Å². The molecule has 4 nitrogen and oxygen atoms in total. The highest BCUT2D eigenvalue weighted by atomic mass is 16.5. The lowest BCUT2D eigenvalue weighted by Gasteiger charge is -2.05. The first-order chi connectivity index (χ1) is 10.2. The Hall–Kier alpha value is -1.84. The van der Waals surface area contributed by atoms with Crippen molar-refractivity contribution >= 4 is 17.6 Å². The van der Waals surface area contributed by atoms with E-state index in [0.717, 1.165) is 44.2 Å². The Morgan fingerprint density at radius 3 is 2.10 bits per heavy atom. The number of hydrogen-bond donors (Lipinski definition) is 1. The molecule has 0 aliphatic rings. The first kappa shape index (κ1) is 17.2. The zero-order chi connectivity index (χ0) is 15.3. The van der Waals surface area contributed by atoms with Gasteiger partial charge in [-0.25, -0.2) is 0 Å². The van der Waals surface area contributed by atoms with Crippen LogP contribution in [-0.4, -0.2) is 19.0 Å². The summed E-state index contributed by atoms with van der Waals surface area (Å²) in [6.07, 6.45) is 7.20. The number of esters is 1. The van der Waals surface area contributed by atoms with Gasteiger partial charge in [0, 0.05) is 18.5 Å². The van der Waals surface area contributed by atoms with Crippen molar-refractivity contribution in [1.82, 2.24) is 0 Å². The third kappa shape index (κ3) is 8.84. The van der Waals surface area contributed by atoms with E-state index in [1.807, 2.05) is 30.3 Å². The molecular weight excluding hydrogens is 266 g/mol. The molecule has 0 spiro atoms. The number of carbonyl (C=O) groups is 2. The van der Waals surface area contributed by atoms with E-state index in [-0.39, 0.29) is 11.9 Å². The van der Waals surface area contributed by atoms with Crippen LogP contribution in [0.2, 0.25) is 0 Å². The lowest BCUT2D eigenvalue weighted by Crippen LogP contribution is -2.10. The molecule has 0 unspecified atom stereocenters. The number of benzene rings is 1. The number of anilines is 1. The molecule has 21 heavy (non-hydrogen) atoms. The van der Waals surface area contributed by atoms with E-state index in [4.69, 9.17) is 0 Å². The van der Waals surface area contributed by atoms with Crippen LogP contribution in [0.25, 0.3) is 0 Å². The summed E-state index contributed by atoms with van der Waals surface area (Å²) in [5.41, 5.74) is 0.852. The van der Waals surface area contributed by atoms with Crippen LogP contribution < -0.4 is 5.32 Å². The summed E-state index contributed by atoms with van der Waals surface area (Å²) >= 11 is 0. The molecule has 0 radical (unpaired) electrons. The van der Waals surface area contributed by atoms with E-state index < -0.39 is 0 Å². The molecule has 0 saturated heterocycles. The quantitative estimate of drug-likeness (QED) is 0.525. The maximum atomic E-state index is 11.7. The topological polar surface area (TPSA) is 55.4 Å². The molecule has 0 saturated carbocycles. The van der Waals surface area contributed by atoms with Gasteiger partial charge in [-0.1, -0.05) is 43.9 Å². The number of rotatable bonds is 10. The van der Waals surface area contributed by atoms with E-state index in [0.29, 0.717) is 12.8 Å². The third-order valence-corrected chi connectivity index (χ3v) is 3.32. The highest BCUT2D eigenvalue weighted by Crippen LogP contribution is 2.10. The van der Waals surface area contributed by atoms with Crippen LogP contribution in [0.3, 0.4) is 0 Å². The SMILES string of the molecule is COC(=O)CCCCCCCCC(=O)Nc1ccccc1. The molecule has 1 N–H and O–H groups in total. The van der Waals surface area contributed by atoms with Gasteiger partial charge in [0.2, 0.25) is 5.91 Å². The average Bonchev–Trinajstić information content (AvgIpc) is 2.50. The minimum Gasteiger partial charge on any atom is -0.469 e. The van der Waals surface area contributed by atoms with Gasteiger partial charge in [0.25, 0.3) is 0 Å². The average molecular weight is 291 g/mol. The summed E-state index contributed by atoms with van der Waals surface area (Å²) in [6.45, 7) is 0. The van der Waals surface area contributed by atoms with Gasteiger partial charge in [0.1, 0.15) is 0 Å². The van der Waals surface area contributed by atoms with E-state index >= 15 is 0 Å². The Kier molecular flexibility index (Phi) is 8.93. The Morgan fingerprint density at radius 1 is 0.905 bits per heavy atom. The molecule has 0 atom stereocenters. The molecule has 0 heterocycles. The lowest BCUT2D eigenvalue weighted by atomic mass is 10.1. The monoisotopic (exact) mass is 291 g/mol. The second-order valence-corrected chi connectivity index (χ2v) is 5.11. The van der Waals surface area contributed by atoms with Gasteiger partial charge in [-0.2, -0.15) is 0 Å². The Bertz CT molecular complexity index is 417. The van der Waals surface area contributed by atoms with Crippen LogP contribution in [0, 0.1) is 0 Å². The number of unbranched alkanes of at least 4 members (excludes halogenated alkanes) is 5. The van der Waals surface area contributed by atoms with E-state index in [1.165, 1.54) is 7.11 Å². The maximum absolute atomic E-state index is 11.7. The minimum atomic E-state index is -0.132. The molecule has 0 aliphatic heterocycles. The molecule has 0 aliphatic carbocycles. The smallest absolute Gasteiger partial charge is 0.305 e. The summed E-state index contributed by atoms with van der Waals surface area (Å²) in [4.78, 5) is 22.6. The molecule has 1 aromatic rings. The van der Waals surface area contributed by atoms with Crippen molar-refractivity contribution in [2.45, 2.75) is 51.4 Å². The van der Waals surface area contributed by atoms with Crippen molar-refractivity contribution in [1.29, 1.82) is 0 Å². The molecule has 1 aromatic carbocycles. The van der Waals surface area contributed by atoms with E-state index in [9.17, 15) is 9.59 Å². The van der Waals surface area contributed by atoms with Gasteiger partial charge >= 0.3 is 5.97 Å². The molecular formula is C17H25NO3. The standard InChI is InChI=1S/C17H25NO3/c1-21-17(20)14-10-5-3-2-4-9-13-16(19)18-15-11-7-6-8-12-15/h6-8,11-12H,2-5,9-10,13-14H2,1H3,(H,18,19). The zero-order valence-corrected chi connectivity index (χ0v) is 12.8. The van der Waals surface area contributed by atoms with Crippen LogP contribution in [-0.2, 0) is 14.3 Å². The second-order valence-electron chi connectivity index (χ2n) is 5.11. The van der Waals surface area contributed by atoms with Crippen LogP contribution in [0.5, 0.6) is 0 Å². The molecule has 0 fully saturated rings. The minimum absolute atomic E-state index is 0.0758. The molecule has 116 valence electrons. The number of nitrogens with one attached hydrogen (secondary N) is 1. The number of amides is 1. The van der Waals surface area contributed by atoms with Crippen molar-refractivity contribution < 1.29 is 14.3 Å². The normalized spacial score (nSPS) is 10.1. The second kappa shape index (κ2) is 10.9. The molecule has 1 rings (SSSR count). The summed E-state index contributed by atoms with van der Waals surface area (Å²) in [6, 6.07) is 9.52. The number of carbonyl (C=O) groups excluding carboxylic acids is 2. The Labute approximate surface area is 126 Å². The summed E-state index contributed by atoms with van der Waals surface area (Å²) in [7, 11) is 1.42. The predicted molar refractivity (Wildman–Crippen MR) is 84.0 cm³/mol. The van der Waals surface area contributed by atoms with E-state index in [2.05, 4.69) is 10.1 Å². The molecule has 0 aromatic heterocycles. The van der Waals surface area contributed by atoms with Crippen molar-refractivity contribution in [2.75, 3.05) is 12.4 Å². The van der Waals surface area contributed by atoms with E-state index in [1.54, 1.807) is 0 Å². The highest BCUT2D eigenvalue weighted by molar-refractivity contribution is 5.90. The van der Waals surface area contributed by atoms with Gasteiger partial charge in [-0.05, 0) is 25.0 Å². The molecule has 4 heteroatoms. The van der Waals surface area contributed by atoms with Gasteiger partial charge in [-0.15, -0.1) is 0 Å². The van der Waals surface area contributed by atoms with Crippen LogP contribution in [0.1, 0.15) is 51.4 Å². The predicted octanol–water partition coefficient (Wildman–Crippen LogP) is 3.92. The number of para-hydroxylation sites is 1. The van der Waals surface area contributed by atoms with Crippen molar-refractivity contribution in [3.63, 3.8) is 0 Å². The lowest BCUT2D eigenvalue weighted by molar-refractivity contribution is -0.140. The fraction of sp³-hybridized carbons (Fsp3) is 0.529. The first-order valence-corrected chi connectivity index (χ1v) is 7.64. The first-order valence-electron chi connectivity index (χ1n) is 7.64. The van der Waals surface area contributed by atoms with Gasteiger partial charge < -0.3 is 10.1 Å². The van der Waals surface area contributed by atoms with Crippen LogP contribution in [0.4, 0.5) is 5.69 Å². The Morgan fingerprint density at radius 2 is 1.48 bits per heavy atom. The third-order valence-electron chi connectivity index (χ3n) is 3.32. The number of methoxy groups -OCH3 is 1. The zero-order valence-electron chi connectivity index (χ0n) is 12.8. The van der Waals surface area contributed by atoms with Crippen molar-refractivity contribution in [2.24, 2.45) is 0 Å². The number of ether oxygens (including phenoxy) is 1. The fourth-order valence-corrected chi connectivity index (χ4v) is 2.11. The summed E-state index contributed by atoms with van der Waals surface area (Å²) in [5.74, 6) is -0.0560. The van der Waals surface area contributed by atoms with Crippen LogP contribution in [0.15, 0.2) is 30.3 Å². The molecule has 0 bridgehead atoms. The summed E-state index contributed by atoms with van der Waals surface area (Å²) in [5, 5.41) is 2.88. The maximum Gasteiger partial charge on any atom is 0.305 e. The largest absolute Gasteiger partial charge is 0.469 e. The fourth-order valence-electron chi connectivity index (χ4n) is 2.11. The van der Waals surface area contributed by atoms with Gasteiger partial charge in [0.15, 0.2) is 0 Å². The summed E-state index contributed by atoms with van der Waals surface area (Å²) < 4.78 is 4.59.